The molecule has 0 radical (unpaired) electrons. The zero-order valence-electron chi connectivity index (χ0n) is 19.9. The molecule has 1 saturated carbocycles. The normalized spacial score (nSPS) is 21.0. The molecule has 2 aliphatic rings. The molecule has 2 aromatic rings. The lowest BCUT2D eigenvalue weighted by Crippen LogP contribution is -2.57. The summed E-state index contributed by atoms with van der Waals surface area (Å²) in [5.41, 5.74) is 3.52. The lowest BCUT2D eigenvalue weighted by atomic mass is 9.76. The van der Waals surface area contributed by atoms with Crippen molar-refractivity contribution in [2.45, 2.75) is 44.1 Å². The summed E-state index contributed by atoms with van der Waals surface area (Å²) in [5, 5.41) is 15.2. The topological polar surface area (TPSA) is 105 Å². The van der Waals surface area contributed by atoms with Crippen molar-refractivity contribution in [3.63, 3.8) is 0 Å². The summed E-state index contributed by atoms with van der Waals surface area (Å²) in [7, 11) is 0. The quantitative estimate of drug-likeness (QED) is 0.444. The Kier molecular flexibility index (Phi) is 8.00. The van der Waals surface area contributed by atoms with Gasteiger partial charge in [-0.05, 0) is 41.0 Å². The third kappa shape index (κ3) is 5.81. The summed E-state index contributed by atoms with van der Waals surface area (Å²) in [6.45, 7) is 2.63. The van der Waals surface area contributed by atoms with Crippen molar-refractivity contribution < 1.29 is 24.2 Å². The van der Waals surface area contributed by atoms with E-state index in [0.29, 0.717) is 25.1 Å². The summed E-state index contributed by atoms with van der Waals surface area (Å²) in [6, 6.07) is 16.4. The number of hydrogen-bond acceptors (Lipinski definition) is 5. The molecular weight excluding hydrogens is 464 g/mol. The second-order valence-electron chi connectivity index (χ2n) is 9.44. The molecule has 1 fully saturated rings. The van der Waals surface area contributed by atoms with Crippen molar-refractivity contribution in [1.82, 2.24) is 10.6 Å². The van der Waals surface area contributed by atoms with E-state index in [9.17, 15) is 19.5 Å². The van der Waals surface area contributed by atoms with E-state index in [-0.39, 0.29) is 30.1 Å². The molecule has 35 heavy (non-hydrogen) atoms. The van der Waals surface area contributed by atoms with Crippen LogP contribution in [0.2, 0.25) is 0 Å². The number of carbonyl (C=O) groups is 3. The first-order chi connectivity index (χ1) is 16.9. The Balaban J connectivity index is 1.18. The molecule has 0 saturated heterocycles. The Morgan fingerprint density at radius 3 is 2.37 bits per heavy atom. The van der Waals surface area contributed by atoms with Gasteiger partial charge >= 0.3 is 12.1 Å². The maximum atomic E-state index is 12.4. The van der Waals surface area contributed by atoms with E-state index >= 15 is 0 Å². The van der Waals surface area contributed by atoms with E-state index in [1.807, 2.05) is 31.2 Å². The largest absolute Gasteiger partial charge is 0.480 e. The molecule has 2 aromatic carbocycles. The minimum absolute atomic E-state index is 0.00952. The van der Waals surface area contributed by atoms with Crippen LogP contribution in [0.5, 0.6) is 0 Å². The molecule has 7 nitrogen and oxygen atoms in total. The average Bonchev–Trinajstić information content (AvgIpc) is 3.16. The fourth-order valence-corrected chi connectivity index (χ4v) is 5.90. The number of amides is 2. The number of aliphatic carboxylic acids is 1. The Labute approximate surface area is 210 Å². The number of alkyl carbamates (subject to hydrolysis) is 1. The summed E-state index contributed by atoms with van der Waals surface area (Å²) < 4.78 is 5.51. The van der Waals surface area contributed by atoms with Crippen LogP contribution in [0, 0.1) is 5.92 Å². The number of fused-ring (bicyclic) bond motifs is 3. The van der Waals surface area contributed by atoms with E-state index in [0.717, 1.165) is 24.0 Å². The third-order valence-electron chi connectivity index (χ3n) is 6.88. The van der Waals surface area contributed by atoms with Crippen LogP contribution < -0.4 is 10.6 Å². The van der Waals surface area contributed by atoms with Gasteiger partial charge in [-0.1, -0.05) is 68.3 Å². The van der Waals surface area contributed by atoms with Crippen molar-refractivity contribution in [3.05, 3.63) is 59.7 Å². The standard InChI is InChI=1S/C27H32N2O5S/c1-18-7-6-12-27(15-18,25(31)32)29-24(30)17-35-14-13-28-26(33)34-16-23-21-10-4-2-8-19(21)20-9-3-5-11-22(20)23/h2-5,8-11,18,23H,6-7,12-17H2,1H3,(H,28,33)(H,29,30)(H,31,32). The molecule has 0 heterocycles. The highest BCUT2D eigenvalue weighted by atomic mass is 32.2. The molecule has 0 spiro atoms. The highest BCUT2D eigenvalue weighted by molar-refractivity contribution is 7.99. The fourth-order valence-electron chi connectivity index (χ4n) is 5.26. The van der Waals surface area contributed by atoms with Crippen LogP contribution >= 0.6 is 11.8 Å². The first-order valence-corrected chi connectivity index (χ1v) is 13.3. The first-order valence-electron chi connectivity index (χ1n) is 12.1. The van der Waals surface area contributed by atoms with Gasteiger partial charge in [-0.3, -0.25) is 4.79 Å². The highest BCUT2D eigenvalue weighted by Crippen LogP contribution is 2.44. The van der Waals surface area contributed by atoms with Gasteiger partial charge in [0, 0.05) is 18.2 Å². The van der Waals surface area contributed by atoms with Crippen molar-refractivity contribution in [1.29, 1.82) is 0 Å². The van der Waals surface area contributed by atoms with Gasteiger partial charge in [0.1, 0.15) is 12.1 Å². The second kappa shape index (κ2) is 11.2. The number of nitrogens with one attached hydrogen (secondary N) is 2. The molecule has 0 bridgehead atoms. The fraction of sp³-hybridized carbons (Fsp3) is 0.444. The second-order valence-corrected chi connectivity index (χ2v) is 10.5. The molecule has 0 aromatic heterocycles. The molecule has 2 atom stereocenters. The van der Waals surface area contributed by atoms with Gasteiger partial charge in [0.25, 0.3) is 0 Å². The molecular formula is C27H32N2O5S. The number of hydrogen-bond donors (Lipinski definition) is 3. The lowest BCUT2D eigenvalue weighted by Gasteiger charge is -2.37. The monoisotopic (exact) mass is 496 g/mol. The molecule has 0 aliphatic heterocycles. The van der Waals surface area contributed by atoms with Crippen LogP contribution in [0.4, 0.5) is 4.79 Å². The van der Waals surface area contributed by atoms with Crippen LogP contribution in [-0.2, 0) is 14.3 Å². The number of carbonyl (C=O) groups excluding carboxylic acids is 2. The number of ether oxygens (including phenoxy) is 1. The SMILES string of the molecule is CC1CCCC(NC(=O)CSCCNC(=O)OCC2c3ccccc3-c3ccccc32)(C(=O)O)C1. The number of carboxylic acid groups (broad SMARTS) is 1. The maximum Gasteiger partial charge on any atom is 0.407 e. The summed E-state index contributed by atoms with van der Waals surface area (Å²) >= 11 is 1.35. The van der Waals surface area contributed by atoms with Gasteiger partial charge in [-0.2, -0.15) is 11.8 Å². The van der Waals surface area contributed by atoms with Gasteiger partial charge in [0.05, 0.1) is 5.75 Å². The Hall–Kier alpha value is -3.00. The Morgan fingerprint density at radius 1 is 1.09 bits per heavy atom. The maximum absolute atomic E-state index is 12.4. The number of thioether (sulfide) groups is 1. The van der Waals surface area contributed by atoms with Crippen LogP contribution in [0.3, 0.4) is 0 Å². The number of carboxylic acids is 1. The molecule has 2 unspecified atom stereocenters. The minimum Gasteiger partial charge on any atom is -0.480 e. The van der Waals surface area contributed by atoms with Gasteiger partial charge in [0.15, 0.2) is 0 Å². The third-order valence-corrected chi connectivity index (χ3v) is 7.84. The van der Waals surface area contributed by atoms with E-state index in [2.05, 4.69) is 34.9 Å². The zero-order chi connectivity index (χ0) is 24.8. The van der Waals surface area contributed by atoms with E-state index in [1.165, 1.54) is 22.9 Å². The molecule has 3 N–H and O–H groups in total. The van der Waals surface area contributed by atoms with Gasteiger partial charge in [-0.15, -0.1) is 0 Å². The lowest BCUT2D eigenvalue weighted by molar-refractivity contribution is -0.149. The number of rotatable bonds is 9. The molecule has 2 amide bonds. The Morgan fingerprint density at radius 2 is 1.74 bits per heavy atom. The molecule has 4 rings (SSSR count). The van der Waals surface area contributed by atoms with Crippen molar-refractivity contribution in [2.75, 3.05) is 24.7 Å². The number of benzene rings is 2. The van der Waals surface area contributed by atoms with Crippen LogP contribution in [0.25, 0.3) is 11.1 Å². The smallest absolute Gasteiger partial charge is 0.407 e. The van der Waals surface area contributed by atoms with Crippen molar-refractivity contribution >= 4 is 29.7 Å². The molecule has 2 aliphatic carbocycles. The van der Waals surface area contributed by atoms with Gasteiger partial charge < -0.3 is 20.5 Å². The van der Waals surface area contributed by atoms with E-state index < -0.39 is 17.6 Å². The molecule has 8 heteroatoms. The average molecular weight is 497 g/mol. The van der Waals surface area contributed by atoms with E-state index in [4.69, 9.17) is 4.74 Å². The van der Waals surface area contributed by atoms with Gasteiger partial charge in [0.2, 0.25) is 5.91 Å². The Bertz CT molecular complexity index is 1050. The highest BCUT2D eigenvalue weighted by Gasteiger charge is 2.43. The van der Waals surface area contributed by atoms with Crippen LogP contribution in [-0.4, -0.2) is 53.3 Å². The van der Waals surface area contributed by atoms with Crippen LogP contribution in [0.15, 0.2) is 48.5 Å². The summed E-state index contributed by atoms with van der Waals surface area (Å²) in [4.78, 5) is 36.4. The predicted octanol–water partition coefficient (Wildman–Crippen LogP) is 4.41. The zero-order valence-corrected chi connectivity index (χ0v) is 20.7. The summed E-state index contributed by atoms with van der Waals surface area (Å²) in [6.07, 6.45) is 2.22. The van der Waals surface area contributed by atoms with Crippen LogP contribution in [0.1, 0.15) is 49.7 Å². The first kappa shape index (κ1) is 25.1. The predicted molar refractivity (Wildman–Crippen MR) is 137 cm³/mol. The van der Waals surface area contributed by atoms with Gasteiger partial charge in [-0.25, -0.2) is 9.59 Å². The minimum atomic E-state index is -1.16. The summed E-state index contributed by atoms with van der Waals surface area (Å²) in [5.74, 6) is -0.291. The van der Waals surface area contributed by atoms with Crippen molar-refractivity contribution in [3.8, 4) is 11.1 Å². The molecule has 186 valence electrons. The van der Waals surface area contributed by atoms with Crippen molar-refractivity contribution in [2.24, 2.45) is 5.92 Å². The van der Waals surface area contributed by atoms with E-state index in [1.54, 1.807) is 0 Å².